The molecule has 0 radical (unpaired) electrons. The zero-order valence-corrected chi connectivity index (χ0v) is 13.5. The lowest BCUT2D eigenvalue weighted by Gasteiger charge is -2.14. The van der Waals surface area contributed by atoms with Gasteiger partial charge in [0.25, 0.3) is 0 Å². The lowest BCUT2D eigenvalue weighted by atomic mass is 10.1. The number of ether oxygens (including phenoxy) is 4. The zero-order valence-electron chi connectivity index (χ0n) is 13.5. The van der Waals surface area contributed by atoms with E-state index in [1.807, 2.05) is 12.1 Å². The Morgan fingerprint density at radius 2 is 1.52 bits per heavy atom. The first-order chi connectivity index (χ1) is 10.3. The van der Waals surface area contributed by atoms with Crippen LogP contribution in [0.5, 0.6) is 17.2 Å². The molecule has 0 heterocycles. The van der Waals surface area contributed by atoms with Crippen LogP contribution in [-0.4, -0.2) is 48.1 Å². The number of methoxy groups -OCH3 is 4. The van der Waals surface area contributed by atoms with Crippen LogP contribution >= 0.6 is 0 Å². The molecule has 0 atom stereocenters. The Morgan fingerprint density at radius 3 is 2.05 bits per heavy atom. The monoisotopic (exact) mass is 297 g/mol. The standard InChI is InChI=1S/C16H27NO4/c1-18-10-9-17-8-6-5-7-13-11-14(19-2)16(21-4)15(12-13)20-3/h11-12,17H,5-10H2,1-4H3. The van der Waals surface area contributed by atoms with E-state index in [0.717, 1.165) is 39.0 Å². The van der Waals surface area contributed by atoms with Gasteiger partial charge in [0.1, 0.15) is 0 Å². The van der Waals surface area contributed by atoms with Crippen molar-refractivity contribution in [2.45, 2.75) is 19.3 Å². The lowest BCUT2D eigenvalue weighted by molar-refractivity contribution is 0.199. The molecule has 0 unspecified atom stereocenters. The van der Waals surface area contributed by atoms with Gasteiger partial charge in [0.05, 0.1) is 27.9 Å². The predicted octanol–water partition coefficient (Wildman–Crippen LogP) is 2.27. The minimum Gasteiger partial charge on any atom is -0.493 e. The van der Waals surface area contributed by atoms with Gasteiger partial charge in [-0.25, -0.2) is 0 Å². The van der Waals surface area contributed by atoms with Crippen LogP contribution in [0.4, 0.5) is 0 Å². The molecular weight excluding hydrogens is 270 g/mol. The maximum absolute atomic E-state index is 5.36. The van der Waals surface area contributed by atoms with E-state index in [-0.39, 0.29) is 0 Å². The summed E-state index contributed by atoms with van der Waals surface area (Å²) in [5, 5.41) is 3.34. The minimum absolute atomic E-state index is 0.644. The van der Waals surface area contributed by atoms with Crippen molar-refractivity contribution >= 4 is 0 Å². The summed E-state index contributed by atoms with van der Waals surface area (Å²) in [6.07, 6.45) is 3.22. The van der Waals surface area contributed by atoms with Gasteiger partial charge in [-0.15, -0.1) is 0 Å². The highest BCUT2D eigenvalue weighted by Gasteiger charge is 2.12. The fourth-order valence-electron chi connectivity index (χ4n) is 2.16. The molecule has 0 aliphatic heterocycles. The van der Waals surface area contributed by atoms with Gasteiger partial charge < -0.3 is 24.3 Å². The summed E-state index contributed by atoms with van der Waals surface area (Å²) in [5.41, 5.74) is 1.20. The van der Waals surface area contributed by atoms with Gasteiger partial charge in [-0.1, -0.05) is 0 Å². The number of nitrogens with one attached hydrogen (secondary N) is 1. The van der Waals surface area contributed by atoms with Gasteiger partial charge in [-0.05, 0) is 43.5 Å². The lowest BCUT2D eigenvalue weighted by Crippen LogP contribution is -2.20. The first-order valence-corrected chi connectivity index (χ1v) is 7.25. The van der Waals surface area contributed by atoms with Crippen LogP contribution in [0.15, 0.2) is 12.1 Å². The highest BCUT2D eigenvalue weighted by molar-refractivity contribution is 5.53. The Bertz CT molecular complexity index is 384. The molecule has 0 aromatic heterocycles. The molecule has 0 bridgehead atoms. The van der Waals surface area contributed by atoms with Gasteiger partial charge in [0, 0.05) is 13.7 Å². The summed E-state index contributed by atoms with van der Waals surface area (Å²) in [6, 6.07) is 4.03. The van der Waals surface area contributed by atoms with Crippen molar-refractivity contribution < 1.29 is 18.9 Å². The molecule has 1 aromatic rings. The molecule has 0 amide bonds. The Hall–Kier alpha value is -1.46. The number of rotatable bonds is 11. The summed E-state index contributed by atoms with van der Waals surface area (Å²) >= 11 is 0. The molecule has 21 heavy (non-hydrogen) atoms. The summed E-state index contributed by atoms with van der Waals surface area (Å²) in [5.74, 6) is 2.07. The topological polar surface area (TPSA) is 49.0 Å². The molecular formula is C16H27NO4. The highest BCUT2D eigenvalue weighted by atomic mass is 16.5. The summed E-state index contributed by atoms with van der Waals surface area (Å²) in [4.78, 5) is 0. The molecule has 120 valence electrons. The van der Waals surface area contributed by atoms with Crippen molar-refractivity contribution in [3.8, 4) is 17.2 Å². The van der Waals surface area contributed by atoms with E-state index < -0.39 is 0 Å². The van der Waals surface area contributed by atoms with Crippen molar-refractivity contribution in [3.63, 3.8) is 0 Å². The third-order valence-electron chi connectivity index (χ3n) is 3.28. The van der Waals surface area contributed by atoms with Crippen molar-refractivity contribution in [3.05, 3.63) is 17.7 Å². The van der Waals surface area contributed by atoms with Crippen LogP contribution in [0, 0.1) is 0 Å². The first-order valence-electron chi connectivity index (χ1n) is 7.25. The van der Waals surface area contributed by atoms with Crippen LogP contribution in [0.3, 0.4) is 0 Å². The molecule has 1 rings (SSSR count). The van der Waals surface area contributed by atoms with E-state index in [1.165, 1.54) is 5.56 Å². The molecule has 5 nitrogen and oxygen atoms in total. The fraction of sp³-hybridized carbons (Fsp3) is 0.625. The quantitative estimate of drug-likeness (QED) is 0.635. The zero-order chi connectivity index (χ0) is 15.5. The van der Waals surface area contributed by atoms with E-state index >= 15 is 0 Å². The molecule has 1 N–H and O–H groups in total. The van der Waals surface area contributed by atoms with Gasteiger partial charge in [-0.2, -0.15) is 0 Å². The van der Waals surface area contributed by atoms with Crippen molar-refractivity contribution in [1.82, 2.24) is 5.32 Å². The third kappa shape index (κ3) is 5.81. The van der Waals surface area contributed by atoms with Gasteiger partial charge >= 0.3 is 0 Å². The number of hydrogen-bond acceptors (Lipinski definition) is 5. The maximum Gasteiger partial charge on any atom is 0.203 e. The van der Waals surface area contributed by atoms with Crippen LogP contribution < -0.4 is 19.5 Å². The second-order valence-corrected chi connectivity index (χ2v) is 4.73. The predicted molar refractivity (Wildman–Crippen MR) is 83.8 cm³/mol. The Labute approximate surface area is 127 Å². The van der Waals surface area contributed by atoms with Crippen LogP contribution in [0.2, 0.25) is 0 Å². The van der Waals surface area contributed by atoms with E-state index in [4.69, 9.17) is 18.9 Å². The number of hydrogen-bond donors (Lipinski definition) is 1. The number of aryl methyl sites for hydroxylation is 1. The Balaban J connectivity index is 2.48. The molecule has 0 saturated carbocycles. The third-order valence-corrected chi connectivity index (χ3v) is 3.28. The van der Waals surface area contributed by atoms with E-state index in [0.29, 0.717) is 17.2 Å². The summed E-state index contributed by atoms with van der Waals surface area (Å²) in [6.45, 7) is 2.67. The Morgan fingerprint density at radius 1 is 0.857 bits per heavy atom. The average Bonchev–Trinajstić information content (AvgIpc) is 2.52. The normalized spacial score (nSPS) is 10.5. The summed E-state index contributed by atoms with van der Waals surface area (Å²) < 4.78 is 21.0. The van der Waals surface area contributed by atoms with E-state index in [2.05, 4.69) is 5.32 Å². The molecule has 0 aliphatic carbocycles. The smallest absolute Gasteiger partial charge is 0.203 e. The van der Waals surface area contributed by atoms with Crippen molar-refractivity contribution in [2.24, 2.45) is 0 Å². The van der Waals surface area contributed by atoms with E-state index in [9.17, 15) is 0 Å². The molecule has 5 heteroatoms. The van der Waals surface area contributed by atoms with Gasteiger partial charge in [0.15, 0.2) is 11.5 Å². The highest BCUT2D eigenvalue weighted by Crippen LogP contribution is 2.38. The number of unbranched alkanes of at least 4 members (excludes halogenated alkanes) is 1. The Kier molecular flexibility index (Phi) is 8.62. The van der Waals surface area contributed by atoms with Gasteiger partial charge in [0.2, 0.25) is 5.75 Å². The SMILES string of the molecule is COCCNCCCCc1cc(OC)c(OC)c(OC)c1. The van der Waals surface area contributed by atoms with Gasteiger partial charge in [-0.3, -0.25) is 0 Å². The maximum atomic E-state index is 5.36. The molecule has 0 spiro atoms. The number of benzene rings is 1. The fourth-order valence-corrected chi connectivity index (χ4v) is 2.16. The average molecular weight is 297 g/mol. The molecule has 0 saturated heterocycles. The van der Waals surface area contributed by atoms with Crippen LogP contribution in [-0.2, 0) is 11.2 Å². The van der Waals surface area contributed by atoms with Crippen molar-refractivity contribution in [1.29, 1.82) is 0 Å². The van der Waals surface area contributed by atoms with E-state index in [1.54, 1.807) is 28.4 Å². The largest absolute Gasteiger partial charge is 0.493 e. The van der Waals surface area contributed by atoms with Crippen LogP contribution in [0.1, 0.15) is 18.4 Å². The van der Waals surface area contributed by atoms with Crippen molar-refractivity contribution in [2.75, 3.05) is 48.1 Å². The van der Waals surface area contributed by atoms with Crippen LogP contribution in [0.25, 0.3) is 0 Å². The molecule has 1 aromatic carbocycles. The summed E-state index contributed by atoms with van der Waals surface area (Å²) in [7, 11) is 6.61. The minimum atomic E-state index is 0.644. The molecule has 0 aliphatic rings. The first kappa shape index (κ1) is 17.6. The molecule has 0 fully saturated rings. The second kappa shape index (κ2) is 10.3. The second-order valence-electron chi connectivity index (χ2n) is 4.73.